The molecule has 0 amide bonds. The highest BCUT2D eigenvalue weighted by Gasteiger charge is 2.30. The fourth-order valence-corrected chi connectivity index (χ4v) is 3.32. The molecule has 0 aliphatic heterocycles. The van der Waals surface area contributed by atoms with E-state index in [1.165, 1.54) is 18.3 Å². The highest BCUT2D eigenvalue weighted by Crippen LogP contribution is 2.31. The molecule has 1 aromatic heterocycles. The van der Waals surface area contributed by atoms with Crippen LogP contribution >= 0.6 is 0 Å². The molecule has 0 spiro atoms. The minimum Gasteiger partial charge on any atom is -0.491 e. The quantitative estimate of drug-likeness (QED) is 0.363. The van der Waals surface area contributed by atoms with Crippen molar-refractivity contribution >= 4 is 17.1 Å². The first kappa shape index (κ1) is 22.3. The molecule has 0 atom stereocenters. The van der Waals surface area contributed by atoms with Crippen molar-refractivity contribution in [2.24, 2.45) is 5.10 Å². The molecule has 0 saturated heterocycles. The number of hydrogen-bond donors (Lipinski definition) is 0. The second-order valence-corrected chi connectivity index (χ2v) is 7.63. The Morgan fingerprint density at radius 2 is 1.76 bits per heavy atom. The van der Waals surface area contributed by atoms with Crippen molar-refractivity contribution in [3.8, 4) is 17.1 Å². The number of ether oxygens (including phenoxy) is 1. The molecule has 0 aliphatic rings. The van der Waals surface area contributed by atoms with Crippen LogP contribution in [0.25, 0.3) is 22.3 Å². The van der Waals surface area contributed by atoms with E-state index in [1.54, 1.807) is 48.5 Å². The highest BCUT2D eigenvalue weighted by atomic mass is 19.4. The number of aromatic nitrogens is 2. The van der Waals surface area contributed by atoms with Crippen LogP contribution in [0, 0.1) is 0 Å². The van der Waals surface area contributed by atoms with Crippen molar-refractivity contribution in [1.82, 2.24) is 9.66 Å². The Kier molecular flexibility index (Phi) is 6.00. The van der Waals surface area contributed by atoms with Gasteiger partial charge >= 0.3 is 6.18 Å². The van der Waals surface area contributed by atoms with Gasteiger partial charge in [0.2, 0.25) is 0 Å². The molecule has 1 heterocycles. The lowest BCUT2D eigenvalue weighted by molar-refractivity contribution is -0.137. The van der Waals surface area contributed by atoms with E-state index in [4.69, 9.17) is 4.74 Å². The average molecular weight is 451 g/mol. The normalized spacial score (nSPS) is 12.1. The van der Waals surface area contributed by atoms with E-state index in [-0.39, 0.29) is 17.5 Å². The minimum absolute atomic E-state index is 0.00985. The molecule has 4 rings (SSSR count). The molecule has 0 unspecified atom stereocenters. The summed E-state index contributed by atoms with van der Waals surface area (Å²) in [5, 5.41) is 4.60. The Balaban J connectivity index is 1.87. The van der Waals surface area contributed by atoms with Crippen molar-refractivity contribution in [1.29, 1.82) is 0 Å². The molecule has 0 radical (unpaired) electrons. The topological polar surface area (TPSA) is 56.5 Å². The molecule has 0 aliphatic carbocycles. The molecule has 4 aromatic rings. The van der Waals surface area contributed by atoms with E-state index in [0.717, 1.165) is 16.8 Å². The number of hydrogen-bond acceptors (Lipinski definition) is 4. The maximum absolute atomic E-state index is 13.3. The third-order valence-corrected chi connectivity index (χ3v) is 4.75. The van der Waals surface area contributed by atoms with Crippen LogP contribution in [0.15, 0.2) is 82.7 Å². The van der Waals surface area contributed by atoms with E-state index in [2.05, 4.69) is 10.1 Å². The number of nitrogens with zero attached hydrogens (tertiary/aromatic N) is 3. The molecule has 8 heteroatoms. The van der Waals surface area contributed by atoms with Crippen LogP contribution in [-0.2, 0) is 6.18 Å². The maximum Gasteiger partial charge on any atom is 0.416 e. The Labute approximate surface area is 187 Å². The molecule has 33 heavy (non-hydrogen) atoms. The molecule has 0 bridgehead atoms. The van der Waals surface area contributed by atoms with E-state index < -0.39 is 17.3 Å². The van der Waals surface area contributed by atoms with Gasteiger partial charge in [0.1, 0.15) is 5.75 Å². The van der Waals surface area contributed by atoms with Crippen molar-refractivity contribution < 1.29 is 17.9 Å². The summed E-state index contributed by atoms with van der Waals surface area (Å²) in [6.07, 6.45) is -3.10. The van der Waals surface area contributed by atoms with Crippen LogP contribution in [-0.4, -0.2) is 22.0 Å². The van der Waals surface area contributed by atoms with E-state index in [9.17, 15) is 18.0 Å². The molecule has 168 valence electrons. The second kappa shape index (κ2) is 8.90. The van der Waals surface area contributed by atoms with Crippen LogP contribution in [0.5, 0.6) is 5.75 Å². The van der Waals surface area contributed by atoms with E-state index in [0.29, 0.717) is 22.2 Å². The van der Waals surface area contributed by atoms with Gasteiger partial charge in [-0.05, 0) is 55.8 Å². The lowest BCUT2D eigenvalue weighted by Crippen LogP contribution is -2.20. The van der Waals surface area contributed by atoms with Crippen LogP contribution < -0.4 is 10.3 Å². The SMILES string of the molecule is CC(C)Oc1cccc(C=Nn2c(-c3cccc(C(F)(F)F)c3)nc3ccccc3c2=O)c1. The second-order valence-electron chi connectivity index (χ2n) is 7.63. The van der Waals surface area contributed by atoms with E-state index >= 15 is 0 Å². The summed E-state index contributed by atoms with van der Waals surface area (Å²) in [5.41, 5.74) is -0.172. The summed E-state index contributed by atoms with van der Waals surface area (Å²) in [5.74, 6) is 0.645. The largest absolute Gasteiger partial charge is 0.491 e. The summed E-state index contributed by atoms with van der Waals surface area (Å²) < 4.78 is 46.5. The molecular weight excluding hydrogens is 431 g/mol. The first-order valence-electron chi connectivity index (χ1n) is 10.2. The van der Waals surface area contributed by atoms with Gasteiger partial charge in [-0.3, -0.25) is 4.79 Å². The zero-order chi connectivity index (χ0) is 23.6. The van der Waals surface area contributed by atoms with Crippen LogP contribution in [0.4, 0.5) is 13.2 Å². The van der Waals surface area contributed by atoms with Gasteiger partial charge < -0.3 is 4.74 Å². The van der Waals surface area contributed by atoms with Gasteiger partial charge in [0.25, 0.3) is 5.56 Å². The van der Waals surface area contributed by atoms with Gasteiger partial charge in [-0.1, -0.05) is 36.4 Å². The fraction of sp³-hybridized carbons (Fsp3) is 0.160. The zero-order valence-corrected chi connectivity index (χ0v) is 17.9. The van der Waals surface area contributed by atoms with Crippen LogP contribution in [0.1, 0.15) is 25.0 Å². The summed E-state index contributed by atoms with van der Waals surface area (Å²) in [4.78, 5) is 17.7. The molecule has 0 N–H and O–H groups in total. The smallest absolute Gasteiger partial charge is 0.416 e. The summed E-state index contributed by atoms with van der Waals surface area (Å²) in [7, 11) is 0. The third kappa shape index (κ3) is 4.95. The number of rotatable bonds is 5. The molecular formula is C25H20F3N3O2. The van der Waals surface area contributed by atoms with Gasteiger partial charge in [-0.15, -0.1) is 0 Å². The molecule has 5 nitrogen and oxygen atoms in total. The van der Waals surface area contributed by atoms with Crippen molar-refractivity contribution in [2.75, 3.05) is 0 Å². The maximum atomic E-state index is 13.3. The number of alkyl halides is 3. The van der Waals surface area contributed by atoms with Crippen molar-refractivity contribution in [3.05, 3.63) is 94.3 Å². The van der Waals surface area contributed by atoms with E-state index in [1.807, 2.05) is 13.8 Å². The standard InChI is InChI=1S/C25H20F3N3O2/c1-16(2)33-20-10-5-7-17(13-20)15-29-31-23(18-8-6-9-19(14-18)25(26,27)28)30-22-12-4-3-11-21(22)24(31)32/h3-16H,1-2H3. The van der Waals surface area contributed by atoms with Gasteiger partial charge in [0, 0.05) is 5.56 Å². The van der Waals surface area contributed by atoms with Gasteiger partial charge in [-0.2, -0.15) is 22.9 Å². The minimum atomic E-state index is -4.53. The predicted molar refractivity (Wildman–Crippen MR) is 122 cm³/mol. The number of benzene rings is 3. The first-order chi connectivity index (χ1) is 15.7. The van der Waals surface area contributed by atoms with Gasteiger partial charge in [0.15, 0.2) is 5.82 Å². The summed E-state index contributed by atoms with van der Waals surface area (Å²) >= 11 is 0. The fourth-order valence-electron chi connectivity index (χ4n) is 3.32. The first-order valence-corrected chi connectivity index (χ1v) is 10.2. The zero-order valence-electron chi connectivity index (χ0n) is 17.9. The van der Waals surface area contributed by atoms with Crippen molar-refractivity contribution in [3.63, 3.8) is 0 Å². The van der Waals surface area contributed by atoms with Gasteiger partial charge in [0.05, 0.1) is 28.8 Å². The lowest BCUT2D eigenvalue weighted by Gasteiger charge is -2.12. The Bertz CT molecular complexity index is 1390. The van der Waals surface area contributed by atoms with Crippen molar-refractivity contribution in [2.45, 2.75) is 26.1 Å². The summed E-state index contributed by atoms with van der Waals surface area (Å²) in [6.45, 7) is 3.81. The Morgan fingerprint density at radius 3 is 2.52 bits per heavy atom. The molecule has 3 aromatic carbocycles. The predicted octanol–water partition coefficient (Wildman–Crippen LogP) is 5.75. The average Bonchev–Trinajstić information content (AvgIpc) is 2.78. The van der Waals surface area contributed by atoms with Crippen LogP contribution in [0.2, 0.25) is 0 Å². The highest BCUT2D eigenvalue weighted by molar-refractivity contribution is 5.82. The van der Waals surface area contributed by atoms with Gasteiger partial charge in [-0.25, -0.2) is 4.98 Å². The summed E-state index contributed by atoms with van der Waals surface area (Å²) in [6, 6.07) is 18.4. The molecule has 0 saturated carbocycles. The Morgan fingerprint density at radius 1 is 1.00 bits per heavy atom. The Hall–Kier alpha value is -3.94. The third-order valence-electron chi connectivity index (χ3n) is 4.75. The lowest BCUT2D eigenvalue weighted by atomic mass is 10.1. The van der Waals surface area contributed by atoms with Crippen LogP contribution in [0.3, 0.4) is 0 Å². The number of fused-ring (bicyclic) bond motifs is 1. The molecule has 0 fully saturated rings. The monoisotopic (exact) mass is 451 g/mol. The number of halogens is 3. The number of para-hydroxylation sites is 1.